The molecule has 0 aliphatic carbocycles. The van der Waals surface area contributed by atoms with Crippen molar-refractivity contribution in [1.82, 2.24) is 9.21 Å². The smallest absolute Gasteiger partial charge is 0.254 e. The lowest BCUT2D eigenvalue weighted by Crippen LogP contribution is -2.42. The first kappa shape index (κ1) is 27.0. The molecule has 0 spiro atoms. The summed E-state index contributed by atoms with van der Waals surface area (Å²) < 4.78 is 57.7. The molecule has 3 aromatic rings. The Kier molecular flexibility index (Phi) is 7.76. The Morgan fingerprint density at radius 3 is 2.21 bits per heavy atom. The quantitative estimate of drug-likeness (QED) is 0.409. The van der Waals surface area contributed by atoms with E-state index >= 15 is 0 Å². The molecule has 0 N–H and O–H groups in total. The van der Waals surface area contributed by atoms with E-state index in [4.69, 9.17) is 14.2 Å². The van der Waals surface area contributed by atoms with Crippen LogP contribution in [0.1, 0.15) is 40.4 Å². The molecule has 1 amide bonds. The van der Waals surface area contributed by atoms with Crippen molar-refractivity contribution < 1.29 is 31.8 Å². The van der Waals surface area contributed by atoms with E-state index in [2.05, 4.69) is 0 Å². The van der Waals surface area contributed by atoms with Gasteiger partial charge in [0.15, 0.2) is 11.5 Å². The summed E-state index contributed by atoms with van der Waals surface area (Å²) in [4.78, 5) is 15.7. The number of benzene rings is 3. The van der Waals surface area contributed by atoms with E-state index in [0.717, 1.165) is 24.0 Å². The molecule has 5 rings (SSSR count). The van der Waals surface area contributed by atoms with E-state index in [1.165, 1.54) is 28.6 Å². The zero-order chi connectivity index (χ0) is 27.6. The van der Waals surface area contributed by atoms with Crippen molar-refractivity contribution in [1.29, 1.82) is 0 Å². The molecule has 1 saturated heterocycles. The lowest BCUT2D eigenvalue weighted by atomic mass is 9.91. The Hall–Kier alpha value is -3.63. The second-order valence-corrected chi connectivity index (χ2v) is 11.5. The van der Waals surface area contributed by atoms with Gasteiger partial charge < -0.3 is 19.1 Å². The molecule has 2 aliphatic heterocycles. The molecular formula is C29H31FN2O6S. The van der Waals surface area contributed by atoms with Gasteiger partial charge in [-0.15, -0.1) is 0 Å². The largest absolute Gasteiger partial charge is 0.493 e. The van der Waals surface area contributed by atoms with Crippen molar-refractivity contribution in [3.63, 3.8) is 0 Å². The first-order valence-corrected chi connectivity index (χ1v) is 14.3. The summed E-state index contributed by atoms with van der Waals surface area (Å²) >= 11 is 0. The van der Waals surface area contributed by atoms with Crippen LogP contribution in [-0.2, 0) is 16.4 Å². The molecular weight excluding hydrogens is 523 g/mol. The zero-order valence-electron chi connectivity index (χ0n) is 21.9. The topological polar surface area (TPSA) is 85.4 Å². The van der Waals surface area contributed by atoms with Crippen LogP contribution >= 0.6 is 0 Å². The van der Waals surface area contributed by atoms with Crippen LogP contribution in [-0.4, -0.2) is 64.0 Å². The van der Waals surface area contributed by atoms with Gasteiger partial charge in [0.25, 0.3) is 5.91 Å². The van der Waals surface area contributed by atoms with Gasteiger partial charge in [-0.05, 0) is 91.1 Å². The molecule has 10 heteroatoms. The highest BCUT2D eigenvalue weighted by atomic mass is 32.2. The van der Waals surface area contributed by atoms with Gasteiger partial charge in [-0.3, -0.25) is 4.79 Å². The predicted molar refractivity (Wildman–Crippen MR) is 143 cm³/mol. The summed E-state index contributed by atoms with van der Waals surface area (Å²) in [5.74, 6) is 1.01. The summed E-state index contributed by atoms with van der Waals surface area (Å²) in [7, 11) is -0.449. The number of halogens is 1. The third-order valence-electron chi connectivity index (χ3n) is 7.29. The zero-order valence-corrected chi connectivity index (χ0v) is 22.7. The first-order valence-electron chi connectivity index (χ1n) is 12.9. The first-order chi connectivity index (χ1) is 18.8. The van der Waals surface area contributed by atoms with E-state index in [-0.39, 0.29) is 23.2 Å². The number of nitrogens with zero attached hydrogens (tertiary/aromatic N) is 2. The number of methoxy groups -OCH3 is 2. The second kappa shape index (κ2) is 11.2. The minimum Gasteiger partial charge on any atom is -0.493 e. The van der Waals surface area contributed by atoms with Gasteiger partial charge >= 0.3 is 0 Å². The standard InChI is InChI=1S/C29H31FN2O6S/c1-36-27-17-21-13-16-32(26(25(21)18-28(27)37-2)19-38-23-9-7-22(30)8-10-23)29(33)20-5-11-24(12-6-20)39(34,35)31-14-3-4-15-31/h5-12,17-18,26H,3-4,13-16,19H2,1-2H3/t26-/m0/s1. The molecule has 1 fully saturated rings. The molecule has 0 radical (unpaired) electrons. The van der Waals surface area contributed by atoms with Crippen LogP contribution in [0.3, 0.4) is 0 Å². The molecule has 0 bridgehead atoms. The number of amides is 1. The summed E-state index contributed by atoms with van der Waals surface area (Å²) in [6, 6.07) is 15.1. The van der Waals surface area contributed by atoms with Gasteiger partial charge in [0.1, 0.15) is 18.2 Å². The van der Waals surface area contributed by atoms with Crippen LogP contribution < -0.4 is 14.2 Å². The van der Waals surface area contributed by atoms with Crippen molar-refractivity contribution in [2.24, 2.45) is 0 Å². The fourth-order valence-corrected chi connectivity index (χ4v) is 6.69. The summed E-state index contributed by atoms with van der Waals surface area (Å²) in [6.07, 6.45) is 2.30. The highest BCUT2D eigenvalue weighted by Gasteiger charge is 2.34. The maximum Gasteiger partial charge on any atom is 0.254 e. The van der Waals surface area contributed by atoms with Crippen LogP contribution in [0.15, 0.2) is 65.6 Å². The summed E-state index contributed by atoms with van der Waals surface area (Å²) in [5, 5.41) is 0. The molecule has 1 atom stereocenters. The highest BCUT2D eigenvalue weighted by Crippen LogP contribution is 2.39. The van der Waals surface area contributed by atoms with E-state index in [9.17, 15) is 17.6 Å². The fraction of sp³-hybridized carbons (Fsp3) is 0.345. The minimum absolute atomic E-state index is 0.126. The molecule has 206 valence electrons. The van der Waals surface area contributed by atoms with Crippen LogP contribution in [0.25, 0.3) is 0 Å². The average Bonchev–Trinajstić information content (AvgIpc) is 3.52. The number of rotatable bonds is 8. The van der Waals surface area contributed by atoms with Gasteiger partial charge in [-0.25, -0.2) is 12.8 Å². The molecule has 2 heterocycles. The third-order valence-corrected chi connectivity index (χ3v) is 9.20. The normalized spacial score (nSPS) is 17.5. The summed E-state index contributed by atoms with van der Waals surface area (Å²) in [6.45, 7) is 1.58. The SMILES string of the molecule is COc1cc2c(cc1OC)[C@H](COc1ccc(F)cc1)N(C(=O)c1ccc(S(=O)(=O)N3CCCC3)cc1)CC2. The van der Waals surface area contributed by atoms with Crippen molar-refractivity contribution in [3.05, 3.63) is 83.2 Å². The third kappa shape index (κ3) is 5.44. The van der Waals surface area contributed by atoms with Crippen LogP contribution in [0, 0.1) is 5.82 Å². The van der Waals surface area contributed by atoms with Crippen LogP contribution in [0.4, 0.5) is 4.39 Å². The molecule has 0 saturated carbocycles. The maximum absolute atomic E-state index is 13.8. The fourth-order valence-electron chi connectivity index (χ4n) is 5.17. The van der Waals surface area contributed by atoms with Gasteiger partial charge in [0.05, 0.1) is 25.2 Å². The second-order valence-electron chi connectivity index (χ2n) is 9.57. The van der Waals surface area contributed by atoms with Gasteiger partial charge in [-0.1, -0.05) is 0 Å². The van der Waals surface area contributed by atoms with Crippen molar-refractivity contribution >= 4 is 15.9 Å². The Morgan fingerprint density at radius 1 is 0.923 bits per heavy atom. The van der Waals surface area contributed by atoms with Crippen LogP contribution in [0.2, 0.25) is 0 Å². The molecule has 0 aromatic heterocycles. The van der Waals surface area contributed by atoms with E-state index in [0.29, 0.717) is 48.9 Å². The highest BCUT2D eigenvalue weighted by molar-refractivity contribution is 7.89. The molecule has 3 aromatic carbocycles. The maximum atomic E-state index is 13.8. The number of hydrogen-bond acceptors (Lipinski definition) is 6. The number of sulfonamides is 1. The van der Waals surface area contributed by atoms with Gasteiger partial charge in [0.2, 0.25) is 10.0 Å². The lowest BCUT2D eigenvalue weighted by molar-refractivity contribution is 0.0589. The monoisotopic (exact) mass is 554 g/mol. The average molecular weight is 555 g/mol. The van der Waals surface area contributed by atoms with E-state index in [1.807, 2.05) is 12.1 Å². The Bertz CT molecular complexity index is 1440. The van der Waals surface area contributed by atoms with Crippen molar-refractivity contribution in [2.75, 3.05) is 40.5 Å². The van der Waals surface area contributed by atoms with Crippen LogP contribution in [0.5, 0.6) is 17.2 Å². The summed E-state index contributed by atoms with van der Waals surface area (Å²) in [5.41, 5.74) is 2.25. The number of fused-ring (bicyclic) bond motifs is 1. The molecule has 39 heavy (non-hydrogen) atoms. The molecule has 0 unspecified atom stereocenters. The van der Waals surface area contributed by atoms with Gasteiger partial charge in [-0.2, -0.15) is 4.31 Å². The minimum atomic E-state index is -3.58. The Morgan fingerprint density at radius 2 is 1.56 bits per heavy atom. The van der Waals surface area contributed by atoms with Crippen molar-refractivity contribution in [3.8, 4) is 17.2 Å². The molecule has 2 aliphatic rings. The molecule has 8 nitrogen and oxygen atoms in total. The van der Waals surface area contributed by atoms with E-state index in [1.54, 1.807) is 43.4 Å². The lowest BCUT2D eigenvalue weighted by Gasteiger charge is -2.37. The number of carbonyl (C=O) groups excluding carboxylic acids is 1. The number of ether oxygens (including phenoxy) is 3. The Balaban J connectivity index is 1.44. The number of carbonyl (C=O) groups is 1. The predicted octanol–water partition coefficient (Wildman–Crippen LogP) is 4.45. The van der Waals surface area contributed by atoms with Gasteiger partial charge in [0, 0.05) is 25.2 Å². The van der Waals surface area contributed by atoms with E-state index < -0.39 is 16.1 Å². The Labute approximate surface area is 227 Å². The number of hydrogen-bond donors (Lipinski definition) is 0. The van der Waals surface area contributed by atoms with Crippen molar-refractivity contribution in [2.45, 2.75) is 30.2 Å².